The molecule has 18 heavy (non-hydrogen) atoms. The molecule has 2 aromatic heterocycles. The van der Waals surface area contributed by atoms with E-state index in [9.17, 15) is 4.39 Å². The van der Waals surface area contributed by atoms with E-state index in [2.05, 4.69) is 30.9 Å². The Balaban J connectivity index is 2.22. The molecule has 1 aromatic carbocycles. The van der Waals surface area contributed by atoms with Crippen LogP contribution in [0.4, 0.5) is 10.1 Å². The molecule has 3 aromatic rings. The summed E-state index contributed by atoms with van der Waals surface area (Å²) in [4.78, 5) is 11.4. The molecule has 3 rings (SSSR count). The van der Waals surface area contributed by atoms with Crippen LogP contribution in [0, 0.1) is 5.82 Å². The minimum absolute atomic E-state index is 0.337. The van der Waals surface area contributed by atoms with E-state index in [1.807, 2.05) is 6.07 Å². The minimum Gasteiger partial charge on any atom is -0.399 e. The van der Waals surface area contributed by atoms with Gasteiger partial charge in [-0.05, 0) is 40.2 Å². The number of nitrogens with one attached hydrogen (secondary N) is 1. The first-order valence-electron chi connectivity index (χ1n) is 5.20. The Morgan fingerprint density at radius 2 is 2.11 bits per heavy atom. The number of nitrogen functional groups attached to an aromatic ring is 1. The number of hydrogen-bond donors (Lipinski definition) is 2. The van der Waals surface area contributed by atoms with Gasteiger partial charge >= 0.3 is 0 Å². The normalized spacial score (nSPS) is 11.0. The van der Waals surface area contributed by atoms with Crippen molar-refractivity contribution < 1.29 is 4.39 Å². The zero-order valence-corrected chi connectivity index (χ0v) is 10.7. The molecule has 0 aliphatic carbocycles. The summed E-state index contributed by atoms with van der Waals surface area (Å²) in [5.41, 5.74) is 7.75. The van der Waals surface area contributed by atoms with E-state index < -0.39 is 0 Å². The molecule has 0 fully saturated rings. The Kier molecular flexibility index (Phi) is 2.52. The second-order valence-electron chi connectivity index (χ2n) is 3.85. The highest BCUT2D eigenvalue weighted by Gasteiger charge is 2.11. The van der Waals surface area contributed by atoms with Crippen molar-refractivity contribution in [2.75, 3.05) is 5.73 Å². The first-order chi connectivity index (χ1) is 8.63. The lowest BCUT2D eigenvalue weighted by Gasteiger charge is -2.00. The first-order valence-corrected chi connectivity index (χ1v) is 5.99. The molecule has 0 amide bonds. The maximum atomic E-state index is 13.7. The fourth-order valence-electron chi connectivity index (χ4n) is 1.72. The van der Waals surface area contributed by atoms with Crippen LogP contribution in [0.15, 0.2) is 34.9 Å². The molecule has 0 radical (unpaired) electrons. The molecule has 0 aliphatic heterocycles. The van der Waals surface area contributed by atoms with Gasteiger partial charge in [-0.3, -0.25) is 0 Å². The van der Waals surface area contributed by atoms with Crippen LogP contribution >= 0.6 is 15.9 Å². The van der Waals surface area contributed by atoms with Gasteiger partial charge in [0, 0.05) is 16.4 Å². The number of imidazole rings is 1. The standard InChI is InChI=1S/C12H8BrFN4/c13-6-3-10-12(16-5-6)18-11(17-10)8-4-7(15)1-2-9(8)14/h1-5H,15H2,(H,16,17,18). The van der Waals surface area contributed by atoms with E-state index in [0.29, 0.717) is 28.2 Å². The molecule has 0 saturated carbocycles. The highest BCUT2D eigenvalue weighted by Crippen LogP contribution is 2.25. The third kappa shape index (κ3) is 1.84. The molecule has 0 aliphatic rings. The third-order valence-electron chi connectivity index (χ3n) is 2.55. The van der Waals surface area contributed by atoms with Crippen LogP contribution in [0.2, 0.25) is 0 Å². The van der Waals surface area contributed by atoms with Crippen LogP contribution in [0.5, 0.6) is 0 Å². The number of nitrogens with two attached hydrogens (primary N) is 1. The van der Waals surface area contributed by atoms with Crippen molar-refractivity contribution in [2.24, 2.45) is 0 Å². The molecule has 2 heterocycles. The number of benzene rings is 1. The van der Waals surface area contributed by atoms with E-state index in [-0.39, 0.29) is 5.82 Å². The second kappa shape index (κ2) is 4.06. The summed E-state index contributed by atoms with van der Waals surface area (Å²) < 4.78 is 14.5. The topological polar surface area (TPSA) is 67.6 Å². The number of hydrogen-bond acceptors (Lipinski definition) is 3. The molecule has 0 saturated heterocycles. The van der Waals surface area contributed by atoms with Gasteiger partial charge < -0.3 is 10.7 Å². The quantitative estimate of drug-likeness (QED) is 0.679. The molecular formula is C12H8BrFN4. The number of aromatic nitrogens is 3. The van der Waals surface area contributed by atoms with Gasteiger partial charge in [0.15, 0.2) is 5.65 Å². The fraction of sp³-hybridized carbons (Fsp3) is 0. The molecule has 6 heteroatoms. The van der Waals surface area contributed by atoms with Gasteiger partial charge in [0.1, 0.15) is 17.2 Å². The average molecular weight is 307 g/mol. The third-order valence-corrected chi connectivity index (χ3v) is 2.98. The summed E-state index contributed by atoms with van der Waals surface area (Å²) in [5, 5.41) is 0. The molecular weight excluding hydrogens is 299 g/mol. The summed E-state index contributed by atoms with van der Waals surface area (Å²) >= 11 is 3.31. The molecule has 0 atom stereocenters. The Morgan fingerprint density at radius 3 is 2.94 bits per heavy atom. The summed E-state index contributed by atoms with van der Waals surface area (Å²) in [6.07, 6.45) is 1.65. The van der Waals surface area contributed by atoms with Gasteiger partial charge in [0.2, 0.25) is 0 Å². The lowest BCUT2D eigenvalue weighted by molar-refractivity contribution is 0.630. The van der Waals surface area contributed by atoms with Gasteiger partial charge in [-0.15, -0.1) is 0 Å². The van der Waals surface area contributed by atoms with E-state index in [1.54, 1.807) is 12.3 Å². The molecule has 0 bridgehead atoms. The SMILES string of the molecule is Nc1ccc(F)c(-c2nc3cc(Br)cnc3[nH]2)c1. The van der Waals surface area contributed by atoms with Crippen molar-refractivity contribution in [3.05, 3.63) is 40.8 Å². The Labute approximate surface area is 110 Å². The molecule has 0 unspecified atom stereocenters. The summed E-state index contributed by atoms with van der Waals surface area (Å²) in [7, 11) is 0. The van der Waals surface area contributed by atoms with E-state index in [1.165, 1.54) is 12.1 Å². The number of aromatic amines is 1. The van der Waals surface area contributed by atoms with E-state index >= 15 is 0 Å². The maximum absolute atomic E-state index is 13.7. The smallest absolute Gasteiger partial charge is 0.157 e. The number of rotatable bonds is 1. The number of fused-ring (bicyclic) bond motifs is 1. The number of H-pyrrole nitrogens is 1. The number of nitrogens with zero attached hydrogens (tertiary/aromatic N) is 2. The number of halogens is 2. The molecule has 90 valence electrons. The van der Waals surface area contributed by atoms with Gasteiger partial charge in [-0.2, -0.15) is 0 Å². The van der Waals surface area contributed by atoms with Crippen molar-refractivity contribution in [1.29, 1.82) is 0 Å². The number of anilines is 1. The monoisotopic (exact) mass is 306 g/mol. The predicted molar refractivity (Wildman–Crippen MR) is 71.4 cm³/mol. The predicted octanol–water partition coefficient (Wildman–Crippen LogP) is 3.11. The largest absolute Gasteiger partial charge is 0.399 e. The lowest BCUT2D eigenvalue weighted by Crippen LogP contribution is -1.90. The summed E-state index contributed by atoms with van der Waals surface area (Å²) in [6.45, 7) is 0. The zero-order chi connectivity index (χ0) is 12.7. The number of pyridine rings is 1. The lowest BCUT2D eigenvalue weighted by atomic mass is 10.2. The Morgan fingerprint density at radius 1 is 1.28 bits per heavy atom. The highest BCUT2D eigenvalue weighted by molar-refractivity contribution is 9.10. The fourth-order valence-corrected chi connectivity index (χ4v) is 2.04. The average Bonchev–Trinajstić information content (AvgIpc) is 2.74. The molecule has 3 N–H and O–H groups in total. The van der Waals surface area contributed by atoms with Crippen LogP contribution in [-0.2, 0) is 0 Å². The minimum atomic E-state index is -0.373. The van der Waals surface area contributed by atoms with Crippen LogP contribution in [-0.4, -0.2) is 15.0 Å². The second-order valence-corrected chi connectivity index (χ2v) is 4.76. The molecule has 4 nitrogen and oxygen atoms in total. The first kappa shape index (κ1) is 11.2. The van der Waals surface area contributed by atoms with Crippen molar-refractivity contribution in [1.82, 2.24) is 15.0 Å². The highest BCUT2D eigenvalue weighted by atomic mass is 79.9. The van der Waals surface area contributed by atoms with E-state index in [0.717, 1.165) is 4.47 Å². The zero-order valence-electron chi connectivity index (χ0n) is 9.11. The van der Waals surface area contributed by atoms with Crippen LogP contribution < -0.4 is 5.73 Å². The van der Waals surface area contributed by atoms with Crippen LogP contribution in [0.25, 0.3) is 22.6 Å². The van der Waals surface area contributed by atoms with Crippen molar-refractivity contribution in [2.45, 2.75) is 0 Å². The molecule has 0 spiro atoms. The van der Waals surface area contributed by atoms with Gasteiger partial charge in [0.25, 0.3) is 0 Å². The van der Waals surface area contributed by atoms with Crippen LogP contribution in [0.1, 0.15) is 0 Å². The van der Waals surface area contributed by atoms with Crippen LogP contribution in [0.3, 0.4) is 0 Å². The summed E-state index contributed by atoms with van der Waals surface area (Å²) in [6, 6.07) is 6.19. The Bertz CT molecular complexity index is 738. The van der Waals surface area contributed by atoms with Crippen molar-refractivity contribution in [3.8, 4) is 11.4 Å². The maximum Gasteiger partial charge on any atom is 0.157 e. The summed E-state index contributed by atoms with van der Waals surface area (Å²) in [5.74, 6) is 0.0442. The Hall–Kier alpha value is -1.95. The van der Waals surface area contributed by atoms with Crippen molar-refractivity contribution >= 4 is 32.8 Å². The van der Waals surface area contributed by atoms with Gasteiger partial charge in [-0.25, -0.2) is 14.4 Å². The van der Waals surface area contributed by atoms with Gasteiger partial charge in [0.05, 0.1) is 5.56 Å². The van der Waals surface area contributed by atoms with E-state index in [4.69, 9.17) is 5.73 Å². The van der Waals surface area contributed by atoms with Gasteiger partial charge in [-0.1, -0.05) is 0 Å². The van der Waals surface area contributed by atoms with Crippen molar-refractivity contribution in [3.63, 3.8) is 0 Å².